The Kier molecular flexibility index (Phi) is 2.29. The monoisotopic (exact) mass is 161 g/mol. The number of nitrogens with one attached hydrogen (secondary N) is 2. The van der Waals surface area contributed by atoms with E-state index in [0.717, 1.165) is 0 Å². The van der Waals surface area contributed by atoms with Crippen LogP contribution in [-0.4, -0.2) is 16.5 Å². The fraction of sp³-hybridized carbons (Fsp3) is 0.286. The van der Waals surface area contributed by atoms with Gasteiger partial charge in [-0.25, -0.2) is 4.98 Å². The molecule has 0 bridgehead atoms. The second-order valence-electron chi connectivity index (χ2n) is 2.06. The molecule has 0 aliphatic carbocycles. The lowest BCUT2D eigenvalue weighted by Gasteiger charge is -1.92. The van der Waals surface area contributed by atoms with E-state index in [1.54, 1.807) is 0 Å². The van der Waals surface area contributed by atoms with Crippen molar-refractivity contribution in [1.29, 1.82) is 10.5 Å². The lowest BCUT2D eigenvalue weighted by atomic mass is 10.4. The van der Waals surface area contributed by atoms with Crippen LogP contribution in [0.1, 0.15) is 18.3 Å². The minimum absolute atomic E-state index is 0.133. The van der Waals surface area contributed by atoms with Crippen LogP contribution in [0.15, 0.2) is 0 Å². The highest BCUT2D eigenvalue weighted by molar-refractivity contribution is 5.43. The van der Waals surface area contributed by atoms with Crippen molar-refractivity contribution in [1.82, 2.24) is 9.97 Å². The molecule has 12 heavy (non-hydrogen) atoms. The standard InChI is InChI=1S/C7H7N5/c1-2-10-7-11-5(3-8)6(4-9)12-7/h2H2,1H3,(H2,10,11,12). The van der Waals surface area contributed by atoms with E-state index in [0.29, 0.717) is 12.5 Å². The molecule has 0 atom stereocenters. The summed E-state index contributed by atoms with van der Waals surface area (Å²) in [6.07, 6.45) is 0. The summed E-state index contributed by atoms with van der Waals surface area (Å²) in [6.45, 7) is 2.60. The lowest BCUT2D eigenvalue weighted by molar-refractivity contribution is 1.13. The van der Waals surface area contributed by atoms with Crippen molar-refractivity contribution in [3.05, 3.63) is 11.4 Å². The minimum Gasteiger partial charge on any atom is -0.356 e. The molecule has 1 aromatic heterocycles. The van der Waals surface area contributed by atoms with Crippen LogP contribution in [0.5, 0.6) is 0 Å². The van der Waals surface area contributed by atoms with Crippen molar-refractivity contribution >= 4 is 5.95 Å². The van der Waals surface area contributed by atoms with Crippen molar-refractivity contribution in [2.45, 2.75) is 6.92 Å². The molecule has 60 valence electrons. The summed E-state index contributed by atoms with van der Waals surface area (Å²) in [6, 6.07) is 3.67. The van der Waals surface area contributed by atoms with Gasteiger partial charge in [0.25, 0.3) is 0 Å². The molecule has 5 nitrogen and oxygen atoms in total. The molecular formula is C7H7N5. The van der Waals surface area contributed by atoms with E-state index in [2.05, 4.69) is 15.3 Å². The molecule has 1 heterocycles. The molecule has 0 radical (unpaired) electrons. The maximum Gasteiger partial charge on any atom is 0.202 e. The number of nitriles is 2. The van der Waals surface area contributed by atoms with Crippen molar-refractivity contribution in [3.8, 4) is 12.1 Å². The number of nitrogens with zero attached hydrogens (tertiary/aromatic N) is 3. The van der Waals surface area contributed by atoms with Gasteiger partial charge in [-0.1, -0.05) is 0 Å². The summed E-state index contributed by atoms with van der Waals surface area (Å²) in [5.74, 6) is 0.464. The highest BCUT2D eigenvalue weighted by Gasteiger charge is 2.07. The number of aromatic nitrogens is 2. The third kappa shape index (κ3) is 1.35. The Bertz CT molecular complexity index is 319. The van der Waals surface area contributed by atoms with Gasteiger partial charge < -0.3 is 10.3 Å². The fourth-order valence-corrected chi connectivity index (χ4v) is 0.786. The first-order chi connectivity index (χ1) is 5.81. The summed E-state index contributed by atoms with van der Waals surface area (Å²) in [5, 5.41) is 19.9. The van der Waals surface area contributed by atoms with Gasteiger partial charge in [0.15, 0.2) is 11.4 Å². The first kappa shape index (κ1) is 8.09. The van der Waals surface area contributed by atoms with Crippen LogP contribution in [0.3, 0.4) is 0 Å². The number of hydrogen-bond donors (Lipinski definition) is 2. The number of anilines is 1. The number of aromatic amines is 1. The number of imidazole rings is 1. The second kappa shape index (κ2) is 3.40. The van der Waals surface area contributed by atoms with E-state index >= 15 is 0 Å². The molecule has 1 aromatic rings. The van der Waals surface area contributed by atoms with E-state index in [4.69, 9.17) is 10.5 Å². The van der Waals surface area contributed by atoms with Gasteiger partial charge in [0.05, 0.1) is 0 Å². The van der Waals surface area contributed by atoms with Crippen LogP contribution >= 0.6 is 0 Å². The van der Waals surface area contributed by atoms with E-state index in [9.17, 15) is 0 Å². The van der Waals surface area contributed by atoms with Gasteiger partial charge in [0, 0.05) is 6.54 Å². The Hall–Kier alpha value is -2.01. The Morgan fingerprint density at radius 2 is 2.25 bits per heavy atom. The predicted octanol–water partition coefficient (Wildman–Crippen LogP) is 0.585. The predicted molar refractivity (Wildman–Crippen MR) is 42.2 cm³/mol. The maximum absolute atomic E-state index is 8.53. The average molecular weight is 161 g/mol. The van der Waals surface area contributed by atoms with Crippen LogP contribution in [0.4, 0.5) is 5.95 Å². The number of rotatable bonds is 2. The smallest absolute Gasteiger partial charge is 0.202 e. The van der Waals surface area contributed by atoms with Crippen LogP contribution < -0.4 is 5.32 Å². The Balaban J connectivity index is 3.01. The lowest BCUT2D eigenvalue weighted by Crippen LogP contribution is -1.97. The molecule has 0 saturated heterocycles. The molecule has 0 aromatic carbocycles. The Morgan fingerprint density at radius 3 is 2.67 bits per heavy atom. The average Bonchev–Trinajstić information content (AvgIpc) is 2.48. The zero-order valence-electron chi connectivity index (χ0n) is 6.55. The van der Waals surface area contributed by atoms with Gasteiger partial charge in [-0.2, -0.15) is 10.5 Å². The largest absolute Gasteiger partial charge is 0.356 e. The second-order valence-corrected chi connectivity index (χ2v) is 2.06. The first-order valence-corrected chi connectivity index (χ1v) is 3.46. The van der Waals surface area contributed by atoms with Crippen molar-refractivity contribution in [3.63, 3.8) is 0 Å². The summed E-state index contributed by atoms with van der Waals surface area (Å²) < 4.78 is 0. The molecule has 0 amide bonds. The van der Waals surface area contributed by atoms with Gasteiger partial charge in [0.1, 0.15) is 12.1 Å². The van der Waals surface area contributed by atoms with Crippen LogP contribution in [0.25, 0.3) is 0 Å². The number of hydrogen-bond acceptors (Lipinski definition) is 4. The molecule has 0 aliphatic heterocycles. The quantitative estimate of drug-likeness (QED) is 0.664. The summed E-state index contributed by atoms with van der Waals surface area (Å²) >= 11 is 0. The van der Waals surface area contributed by atoms with Crippen LogP contribution in [0.2, 0.25) is 0 Å². The summed E-state index contributed by atoms with van der Waals surface area (Å²) in [4.78, 5) is 6.52. The fourth-order valence-electron chi connectivity index (χ4n) is 0.786. The molecule has 2 N–H and O–H groups in total. The van der Waals surface area contributed by atoms with E-state index in [1.165, 1.54) is 0 Å². The minimum atomic E-state index is 0.133. The highest BCUT2D eigenvalue weighted by Crippen LogP contribution is 2.06. The van der Waals surface area contributed by atoms with Gasteiger partial charge >= 0.3 is 0 Å². The van der Waals surface area contributed by atoms with Crippen LogP contribution in [0, 0.1) is 22.7 Å². The van der Waals surface area contributed by atoms with Gasteiger partial charge in [0.2, 0.25) is 5.95 Å². The zero-order chi connectivity index (χ0) is 8.97. The van der Waals surface area contributed by atoms with Crippen molar-refractivity contribution < 1.29 is 0 Å². The molecule has 0 unspecified atom stereocenters. The van der Waals surface area contributed by atoms with Gasteiger partial charge in [-0.3, -0.25) is 0 Å². The van der Waals surface area contributed by atoms with E-state index in [1.807, 2.05) is 19.1 Å². The first-order valence-electron chi connectivity index (χ1n) is 3.46. The molecule has 0 aliphatic rings. The summed E-state index contributed by atoms with van der Waals surface area (Å²) in [5.41, 5.74) is 0.335. The SMILES string of the molecule is CCNc1nc(C#N)c(C#N)[nH]1. The molecule has 0 spiro atoms. The van der Waals surface area contributed by atoms with Crippen molar-refractivity contribution in [2.75, 3.05) is 11.9 Å². The van der Waals surface area contributed by atoms with Crippen LogP contribution in [-0.2, 0) is 0 Å². The molecule has 0 saturated carbocycles. The van der Waals surface area contributed by atoms with Gasteiger partial charge in [-0.05, 0) is 6.92 Å². The van der Waals surface area contributed by atoms with Gasteiger partial charge in [-0.15, -0.1) is 0 Å². The molecule has 5 heteroatoms. The molecular weight excluding hydrogens is 154 g/mol. The zero-order valence-corrected chi connectivity index (χ0v) is 6.55. The molecule has 1 rings (SSSR count). The Morgan fingerprint density at radius 1 is 1.50 bits per heavy atom. The maximum atomic E-state index is 8.53. The van der Waals surface area contributed by atoms with E-state index < -0.39 is 0 Å². The third-order valence-electron chi connectivity index (χ3n) is 1.27. The summed E-state index contributed by atoms with van der Waals surface area (Å²) in [7, 11) is 0. The van der Waals surface area contributed by atoms with E-state index in [-0.39, 0.29) is 11.4 Å². The normalized spacial score (nSPS) is 8.58. The topological polar surface area (TPSA) is 88.3 Å². The highest BCUT2D eigenvalue weighted by atomic mass is 15.1. The third-order valence-corrected chi connectivity index (χ3v) is 1.27. The number of H-pyrrole nitrogens is 1. The molecule has 0 fully saturated rings. The Labute approximate surface area is 69.7 Å². The van der Waals surface area contributed by atoms with Crippen molar-refractivity contribution in [2.24, 2.45) is 0 Å².